The maximum Gasteiger partial charge on any atom is 0.283 e. The first-order valence-corrected chi connectivity index (χ1v) is 12.2. The summed E-state index contributed by atoms with van der Waals surface area (Å²) in [5.74, 6) is -0.172. The summed E-state index contributed by atoms with van der Waals surface area (Å²) in [5.41, 5.74) is 2.83. The summed E-state index contributed by atoms with van der Waals surface area (Å²) in [6.45, 7) is 2.68. The van der Waals surface area contributed by atoms with Crippen LogP contribution in [0.2, 0.25) is 5.02 Å². The van der Waals surface area contributed by atoms with Crippen molar-refractivity contribution < 1.29 is 23.9 Å². The van der Waals surface area contributed by atoms with E-state index in [9.17, 15) is 14.4 Å². The Bertz CT molecular complexity index is 1450. The van der Waals surface area contributed by atoms with E-state index in [4.69, 9.17) is 32.7 Å². The number of carbonyl (C=O) groups excluding carboxylic acids is 3. The van der Waals surface area contributed by atoms with Gasteiger partial charge in [0.2, 0.25) is 5.91 Å². The third kappa shape index (κ3) is 4.98. The highest BCUT2D eigenvalue weighted by Gasteiger charge is 2.39. The number of hydrogen-bond donors (Lipinski definition) is 2. The lowest BCUT2D eigenvalue weighted by atomic mass is 10.1. The molecule has 0 aromatic heterocycles. The summed E-state index contributed by atoms with van der Waals surface area (Å²) >= 11 is 12.4. The molecule has 37 heavy (non-hydrogen) atoms. The molecule has 0 fully saturated rings. The monoisotopic (exact) mass is 537 g/mol. The highest BCUT2D eigenvalue weighted by molar-refractivity contribution is 6.53. The molecule has 8 nitrogen and oxygen atoms in total. The highest BCUT2D eigenvalue weighted by Crippen LogP contribution is 2.35. The number of imide groups is 1. The van der Waals surface area contributed by atoms with Gasteiger partial charge in [0.05, 0.1) is 12.1 Å². The number of fused-ring (bicyclic) bond motifs is 1. The van der Waals surface area contributed by atoms with Crippen LogP contribution in [0.1, 0.15) is 11.1 Å². The Morgan fingerprint density at radius 1 is 0.919 bits per heavy atom. The van der Waals surface area contributed by atoms with Crippen LogP contribution in [0.5, 0.6) is 11.5 Å². The number of nitrogens with zero attached hydrogens (tertiary/aromatic N) is 1. The molecule has 0 bridgehead atoms. The van der Waals surface area contributed by atoms with Gasteiger partial charge in [-0.1, -0.05) is 41.4 Å². The van der Waals surface area contributed by atoms with E-state index >= 15 is 0 Å². The lowest BCUT2D eigenvalue weighted by Crippen LogP contribution is -2.32. The minimum absolute atomic E-state index is 0.0323. The standard InChI is InChI=1S/C27H21Cl2N3O5/c1-15-19(28)3-2-4-20(15)32-26(34)24(29)25(27(32)35)31-17-7-5-16(6-8-17)13-23(33)30-18-9-10-21-22(14-18)37-12-11-36-21/h2-10,14,31H,11-13H2,1H3,(H,30,33). The van der Waals surface area contributed by atoms with Gasteiger partial charge in [0.25, 0.3) is 11.8 Å². The van der Waals surface area contributed by atoms with Gasteiger partial charge in [0, 0.05) is 22.5 Å². The van der Waals surface area contributed by atoms with E-state index in [0.29, 0.717) is 52.4 Å². The first kappa shape index (κ1) is 24.7. The molecule has 5 rings (SSSR count). The molecule has 0 spiro atoms. The summed E-state index contributed by atoms with van der Waals surface area (Å²) in [6.07, 6.45) is 0.136. The van der Waals surface area contributed by atoms with Crippen LogP contribution >= 0.6 is 23.2 Å². The van der Waals surface area contributed by atoms with Gasteiger partial charge in [-0.25, -0.2) is 4.90 Å². The molecule has 0 saturated heterocycles. The predicted molar refractivity (Wildman–Crippen MR) is 141 cm³/mol. The summed E-state index contributed by atoms with van der Waals surface area (Å²) in [4.78, 5) is 39.4. The van der Waals surface area contributed by atoms with E-state index < -0.39 is 11.8 Å². The SMILES string of the molecule is Cc1c(Cl)cccc1N1C(=O)C(Cl)=C(Nc2ccc(CC(=O)Nc3ccc4c(c3)OCCO4)cc2)C1=O. The first-order chi connectivity index (χ1) is 17.8. The van der Waals surface area contributed by atoms with E-state index in [-0.39, 0.29) is 23.1 Å². The van der Waals surface area contributed by atoms with Gasteiger partial charge < -0.3 is 20.1 Å². The Morgan fingerprint density at radius 2 is 1.62 bits per heavy atom. The fourth-order valence-electron chi connectivity index (χ4n) is 4.03. The molecule has 2 aliphatic heterocycles. The third-order valence-corrected chi connectivity index (χ3v) is 6.68. The van der Waals surface area contributed by atoms with Gasteiger partial charge in [-0.05, 0) is 54.4 Å². The van der Waals surface area contributed by atoms with Gasteiger partial charge in [-0.3, -0.25) is 14.4 Å². The lowest BCUT2D eigenvalue weighted by Gasteiger charge is -2.19. The minimum atomic E-state index is -0.632. The zero-order valence-electron chi connectivity index (χ0n) is 19.6. The molecular formula is C27H21Cl2N3O5. The van der Waals surface area contributed by atoms with Crippen LogP contribution in [0.3, 0.4) is 0 Å². The van der Waals surface area contributed by atoms with Crippen molar-refractivity contribution in [2.75, 3.05) is 28.7 Å². The Balaban J connectivity index is 1.24. The maximum absolute atomic E-state index is 13.1. The first-order valence-electron chi connectivity index (χ1n) is 11.4. The molecule has 0 unspecified atom stereocenters. The second-order valence-corrected chi connectivity index (χ2v) is 9.21. The van der Waals surface area contributed by atoms with E-state index in [1.807, 2.05) is 0 Å². The number of amides is 3. The number of hydrogen-bond acceptors (Lipinski definition) is 6. The number of benzene rings is 3. The molecular weight excluding hydrogens is 517 g/mol. The van der Waals surface area contributed by atoms with Crippen molar-refractivity contribution in [2.45, 2.75) is 13.3 Å². The van der Waals surface area contributed by atoms with Crippen LogP contribution in [0.4, 0.5) is 17.1 Å². The van der Waals surface area contributed by atoms with Gasteiger partial charge in [-0.2, -0.15) is 0 Å². The predicted octanol–water partition coefficient (Wildman–Crippen LogP) is 5.04. The lowest BCUT2D eigenvalue weighted by molar-refractivity contribution is -0.120. The highest BCUT2D eigenvalue weighted by atomic mass is 35.5. The zero-order chi connectivity index (χ0) is 26.1. The number of ether oxygens (including phenoxy) is 2. The quantitative estimate of drug-likeness (QED) is 0.427. The van der Waals surface area contributed by atoms with E-state index in [0.717, 1.165) is 10.5 Å². The van der Waals surface area contributed by atoms with Crippen LogP contribution in [-0.4, -0.2) is 30.9 Å². The normalized spacial score (nSPS) is 14.7. The average Bonchev–Trinajstić information content (AvgIpc) is 3.09. The molecule has 3 amide bonds. The molecule has 3 aromatic rings. The summed E-state index contributed by atoms with van der Waals surface area (Å²) in [5, 5.41) is 6.00. The molecule has 188 valence electrons. The van der Waals surface area contributed by atoms with Crippen molar-refractivity contribution in [2.24, 2.45) is 0 Å². The zero-order valence-corrected chi connectivity index (χ0v) is 21.2. The van der Waals surface area contributed by atoms with E-state index in [1.165, 1.54) is 0 Å². The fourth-order valence-corrected chi connectivity index (χ4v) is 4.41. The minimum Gasteiger partial charge on any atom is -0.486 e. The molecule has 0 radical (unpaired) electrons. The largest absolute Gasteiger partial charge is 0.486 e. The molecule has 3 aromatic carbocycles. The topological polar surface area (TPSA) is 97.0 Å². The van der Waals surface area contributed by atoms with Crippen LogP contribution in [0, 0.1) is 6.92 Å². The molecule has 0 atom stereocenters. The smallest absolute Gasteiger partial charge is 0.283 e. The molecule has 2 N–H and O–H groups in total. The Kier molecular flexibility index (Phi) is 6.78. The van der Waals surface area contributed by atoms with Crippen molar-refractivity contribution in [3.8, 4) is 11.5 Å². The fraction of sp³-hybridized carbons (Fsp3) is 0.148. The van der Waals surface area contributed by atoms with Crippen molar-refractivity contribution in [3.05, 3.63) is 87.5 Å². The van der Waals surface area contributed by atoms with Gasteiger partial charge in [-0.15, -0.1) is 0 Å². The number of carbonyl (C=O) groups is 3. The number of rotatable bonds is 6. The number of anilines is 3. The molecule has 0 saturated carbocycles. The Morgan fingerprint density at radius 3 is 2.38 bits per heavy atom. The summed E-state index contributed by atoms with van der Waals surface area (Å²) in [6, 6.07) is 17.1. The van der Waals surface area contributed by atoms with Crippen LogP contribution in [-0.2, 0) is 20.8 Å². The second kappa shape index (κ2) is 10.2. The summed E-state index contributed by atoms with van der Waals surface area (Å²) in [7, 11) is 0. The maximum atomic E-state index is 13.1. The van der Waals surface area contributed by atoms with Crippen molar-refractivity contribution >= 4 is 58.0 Å². The van der Waals surface area contributed by atoms with Crippen LogP contribution in [0.25, 0.3) is 0 Å². The second-order valence-electron chi connectivity index (χ2n) is 8.42. The Labute approximate surface area is 222 Å². The van der Waals surface area contributed by atoms with E-state index in [2.05, 4.69) is 10.6 Å². The van der Waals surface area contributed by atoms with E-state index in [1.54, 1.807) is 67.6 Å². The molecule has 10 heteroatoms. The number of halogens is 2. The average molecular weight is 538 g/mol. The molecule has 2 heterocycles. The third-order valence-electron chi connectivity index (χ3n) is 5.92. The number of nitrogens with one attached hydrogen (secondary N) is 2. The molecule has 0 aliphatic carbocycles. The van der Waals surface area contributed by atoms with Gasteiger partial charge >= 0.3 is 0 Å². The van der Waals surface area contributed by atoms with Crippen LogP contribution < -0.4 is 25.0 Å². The van der Waals surface area contributed by atoms with Crippen molar-refractivity contribution in [1.82, 2.24) is 0 Å². The molecule has 2 aliphatic rings. The summed E-state index contributed by atoms with van der Waals surface area (Å²) < 4.78 is 11.0. The van der Waals surface area contributed by atoms with Gasteiger partial charge in [0.1, 0.15) is 23.9 Å². The van der Waals surface area contributed by atoms with Crippen molar-refractivity contribution in [3.63, 3.8) is 0 Å². The van der Waals surface area contributed by atoms with Crippen molar-refractivity contribution in [1.29, 1.82) is 0 Å². The van der Waals surface area contributed by atoms with Crippen LogP contribution in [0.15, 0.2) is 71.4 Å². The van der Waals surface area contributed by atoms with Gasteiger partial charge in [0.15, 0.2) is 11.5 Å². The Hall–Kier alpha value is -4.01.